The molecule has 1 aromatic carbocycles. The molecule has 0 aromatic heterocycles. The van der Waals surface area contributed by atoms with Crippen LogP contribution < -0.4 is 10.6 Å². The van der Waals surface area contributed by atoms with Crippen LogP contribution in [0.1, 0.15) is 76.2 Å². The van der Waals surface area contributed by atoms with E-state index in [1.165, 1.54) is 50.4 Å². The van der Waals surface area contributed by atoms with Gasteiger partial charge in [0, 0.05) is 17.9 Å². The molecule has 30 heavy (non-hydrogen) atoms. The van der Waals surface area contributed by atoms with Crippen LogP contribution in [0.4, 0.5) is 18.9 Å². The Bertz CT molecular complexity index is 741. The van der Waals surface area contributed by atoms with Gasteiger partial charge < -0.3 is 10.6 Å². The molecule has 0 atom stereocenters. The summed E-state index contributed by atoms with van der Waals surface area (Å²) in [4.78, 5) is 12.5. The van der Waals surface area contributed by atoms with Crippen molar-refractivity contribution in [3.8, 4) is 6.07 Å². The molecule has 7 heteroatoms. The fraction of sp³-hybridized carbons (Fsp3) is 0.565. The molecule has 0 unspecified atom stereocenters. The van der Waals surface area contributed by atoms with Gasteiger partial charge in [0.15, 0.2) is 0 Å². The highest BCUT2D eigenvalue weighted by molar-refractivity contribution is 5.97. The third kappa shape index (κ3) is 8.48. The maximum atomic E-state index is 12.8. The predicted octanol–water partition coefficient (Wildman–Crippen LogP) is 6.31. The lowest BCUT2D eigenvalue weighted by atomic mass is 9.98. The van der Waals surface area contributed by atoms with Crippen LogP contribution >= 0.6 is 0 Å². The number of hydrogen-bond donors (Lipinski definition) is 2. The number of carbonyl (C=O) groups is 1. The molecular formula is C23H30F3N3O. The molecule has 0 radical (unpaired) electrons. The van der Waals surface area contributed by atoms with Crippen molar-refractivity contribution in [1.82, 2.24) is 5.32 Å². The fourth-order valence-corrected chi connectivity index (χ4v) is 3.66. The normalized spacial score (nSPS) is 17.9. The van der Waals surface area contributed by atoms with E-state index in [9.17, 15) is 23.2 Å². The van der Waals surface area contributed by atoms with Gasteiger partial charge in [0.2, 0.25) is 0 Å². The first kappa shape index (κ1) is 23.8. The second kappa shape index (κ2) is 12.3. The van der Waals surface area contributed by atoms with E-state index in [1.807, 2.05) is 6.07 Å². The van der Waals surface area contributed by atoms with Crippen LogP contribution in [0.2, 0.25) is 0 Å². The van der Waals surface area contributed by atoms with Crippen molar-refractivity contribution in [2.75, 3.05) is 5.32 Å². The molecule has 0 heterocycles. The molecule has 0 saturated heterocycles. The minimum absolute atomic E-state index is 0.0160. The van der Waals surface area contributed by atoms with Crippen molar-refractivity contribution in [1.29, 1.82) is 5.26 Å². The number of halogens is 3. The van der Waals surface area contributed by atoms with Gasteiger partial charge in [-0.3, -0.25) is 4.79 Å². The van der Waals surface area contributed by atoms with E-state index >= 15 is 0 Å². The SMILES string of the molecule is N#C/C(=C/Nc1cccc(C(F)(F)F)c1)C(=O)NC1CCCCCCCCCCC1. The van der Waals surface area contributed by atoms with E-state index < -0.39 is 17.6 Å². The van der Waals surface area contributed by atoms with Crippen LogP contribution in [0.3, 0.4) is 0 Å². The van der Waals surface area contributed by atoms with Crippen molar-refractivity contribution in [3.05, 3.63) is 41.6 Å². The van der Waals surface area contributed by atoms with E-state index in [1.54, 1.807) is 0 Å². The van der Waals surface area contributed by atoms with Crippen molar-refractivity contribution in [2.24, 2.45) is 0 Å². The van der Waals surface area contributed by atoms with Crippen LogP contribution in [0.5, 0.6) is 0 Å². The van der Waals surface area contributed by atoms with E-state index in [-0.39, 0.29) is 17.3 Å². The van der Waals surface area contributed by atoms with Crippen LogP contribution in [0.25, 0.3) is 0 Å². The molecule has 0 spiro atoms. The van der Waals surface area contributed by atoms with Gasteiger partial charge in [-0.05, 0) is 31.0 Å². The molecule has 164 valence electrons. The second-order valence-corrected chi connectivity index (χ2v) is 7.82. The molecule has 2 rings (SSSR count). The van der Waals surface area contributed by atoms with Crippen LogP contribution in [-0.2, 0) is 11.0 Å². The number of nitrogens with one attached hydrogen (secondary N) is 2. The number of anilines is 1. The van der Waals surface area contributed by atoms with Crippen LogP contribution in [0.15, 0.2) is 36.0 Å². The maximum absolute atomic E-state index is 12.8. The summed E-state index contributed by atoms with van der Waals surface area (Å²) in [5, 5.41) is 14.9. The summed E-state index contributed by atoms with van der Waals surface area (Å²) >= 11 is 0. The van der Waals surface area contributed by atoms with Gasteiger partial charge in [0.05, 0.1) is 5.56 Å². The van der Waals surface area contributed by atoms with Crippen molar-refractivity contribution in [2.45, 2.75) is 82.8 Å². The molecule has 2 N–H and O–H groups in total. The summed E-state index contributed by atoms with van der Waals surface area (Å²) in [5.41, 5.74) is -0.785. The van der Waals surface area contributed by atoms with E-state index in [0.717, 1.165) is 50.7 Å². The first-order valence-corrected chi connectivity index (χ1v) is 10.7. The lowest BCUT2D eigenvalue weighted by molar-refractivity contribution is -0.137. The highest BCUT2D eigenvalue weighted by Gasteiger charge is 2.30. The Labute approximate surface area is 176 Å². The monoisotopic (exact) mass is 421 g/mol. The quantitative estimate of drug-likeness (QED) is 0.442. The standard InChI is InChI=1S/C23H30F3N3O/c24-23(25,26)19-11-10-14-21(15-19)28-17-18(16-27)22(30)29-20-12-8-6-4-2-1-3-5-7-9-13-20/h10-11,14-15,17,20,28H,1-9,12-13H2,(H,29,30)/b18-17-. The largest absolute Gasteiger partial charge is 0.416 e. The smallest absolute Gasteiger partial charge is 0.360 e. The zero-order valence-corrected chi connectivity index (χ0v) is 17.2. The summed E-state index contributed by atoms with van der Waals surface area (Å²) in [6.07, 6.45) is 9.10. The minimum Gasteiger partial charge on any atom is -0.360 e. The molecule has 1 fully saturated rings. The first-order valence-electron chi connectivity index (χ1n) is 10.7. The Morgan fingerprint density at radius 1 is 1.00 bits per heavy atom. The Balaban J connectivity index is 1.97. The molecule has 0 bridgehead atoms. The molecule has 4 nitrogen and oxygen atoms in total. The number of nitrogens with zero attached hydrogens (tertiary/aromatic N) is 1. The second-order valence-electron chi connectivity index (χ2n) is 7.82. The molecule has 0 aliphatic heterocycles. The summed E-state index contributed by atoms with van der Waals surface area (Å²) in [7, 11) is 0. The van der Waals surface area contributed by atoms with Crippen molar-refractivity contribution >= 4 is 11.6 Å². The van der Waals surface area contributed by atoms with Crippen LogP contribution in [-0.4, -0.2) is 11.9 Å². The Morgan fingerprint density at radius 2 is 1.57 bits per heavy atom. The zero-order valence-electron chi connectivity index (χ0n) is 17.2. The number of amides is 1. The Hall–Kier alpha value is -2.49. The third-order valence-corrected chi connectivity index (χ3v) is 5.38. The molecule has 1 aromatic rings. The molecule has 1 amide bonds. The Morgan fingerprint density at radius 3 is 2.10 bits per heavy atom. The van der Waals surface area contributed by atoms with Gasteiger partial charge in [0.25, 0.3) is 5.91 Å². The van der Waals surface area contributed by atoms with Gasteiger partial charge in [-0.25, -0.2) is 0 Å². The average molecular weight is 422 g/mol. The number of carbonyl (C=O) groups excluding carboxylic acids is 1. The number of rotatable bonds is 4. The average Bonchev–Trinajstić information content (AvgIpc) is 2.70. The third-order valence-electron chi connectivity index (χ3n) is 5.38. The van der Waals surface area contributed by atoms with Crippen molar-refractivity contribution < 1.29 is 18.0 Å². The number of hydrogen-bond acceptors (Lipinski definition) is 3. The summed E-state index contributed by atoms with van der Waals surface area (Å²) in [5.74, 6) is -0.492. The van der Waals surface area contributed by atoms with Gasteiger partial charge in [-0.2, -0.15) is 18.4 Å². The fourth-order valence-electron chi connectivity index (χ4n) is 3.66. The van der Waals surface area contributed by atoms with Crippen molar-refractivity contribution in [3.63, 3.8) is 0 Å². The predicted molar refractivity (Wildman–Crippen MR) is 111 cm³/mol. The van der Waals surface area contributed by atoms with E-state index in [4.69, 9.17) is 0 Å². The lowest BCUT2D eigenvalue weighted by Crippen LogP contribution is -2.35. The molecule has 1 saturated carbocycles. The summed E-state index contributed by atoms with van der Waals surface area (Å²) in [6, 6.07) is 6.49. The zero-order chi connectivity index (χ0) is 21.8. The highest BCUT2D eigenvalue weighted by atomic mass is 19.4. The highest BCUT2D eigenvalue weighted by Crippen LogP contribution is 2.30. The number of benzene rings is 1. The topological polar surface area (TPSA) is 64.9 Å². The van der Waals surface area contributed by atoms with Gasteiger partial charge in [0.1, 0.15) is 11.6 Å². The summed E-state index contributed by atoms with van der Waals surface area (Å²) < 4.78 is 38.5. The minimum atomic E-state index is -4.45. The lowest BCUT2D eigenvalue weighted by Gasteiger charge is -2.19. The number of nitriles is 1. The van der Waals surface area contributed by atoms with Gasteiger partial charge in [-0.15, -0.1) is 0 Å². The first-order chi connectivity index (χ1) is 14.4. The molecular weight excluding hydrogens is 391 g/mol. The van der Waals surface area contributed by atoms with E-state index in [0.29, 0.717) is 0 Å². The van der Waals surface area contributed by atoms with Crippen LogP contribution in [0, 0.1) is 11.3 Å². The van der Waals surface area contributed by atoms with Gasteiger partial charge in [-0.1, -0.05) is 63.9 Å². The molecule has 1 aliphatic rings. The van der Waals surface area contributed by atoms with E-state index in [2.05, 4.69) is 10.6 Å². The van der Waals surface area contributed by atoms with Gasteiger partial charge >= 0.3 is 6.18 Å². The Kier molecular flexibility index (Phi) is 9.72. The number of alkyl halides is 3. The maximum Gasteiger partial charge on any atom is 0.416 e. The summed E-state index contributed by atoms with van der Waals surface area (Å²) in [6.45, 7) is 0. The molecule has 1 aliphatic carbocycles.